The first-order valence-electron chi connectivity index (χ1n) is 5.42. The maximum atomic E-state index is 5.83. The zero-order valence-electron chi connectivity index (χ0n) is 9.88. The van der Waals surface area contributed by atoms with E-state index in [1.54, 1.807) is 0 Å². The molecular formula is C12H21N3. The number of nitrogen functional groups attached to an aromatic ring is 1. The molecule has 0 spiro atoms. The van der Waals surface area contributed by atoms with Gasteiger partial charge >= 0.3 is 0 Å². The third-order valence-electron chi connectivity index (χ3n) is 2.72. The first-order valence-corrected chi connectivity index (χ1v) is 5.42. The SMILES string of the molecule is CCN(C)CCNc1cccc(N)c1C. The molecule has 1 aromatic carbocycles. The Morgan fingerprint density at radius 3 is 2.80 bits per heavy atom. The molecule has 1 aromatic rings. The van der Waals surface area contributed by atoms with E-state index in [-0.39, 0.29) is 0 Å². The molecule has 0 saturated carbocycles. The van der Waals surface area contributed by atoms with Gasteiger partial charge in [0.15, 0.2) is 0 Å². The van der Waals surface area contributed by atoms with Crippen LogP contribution in [-0.4, -0.2) is 31.6 Å². The molecular weight excluding hydrogens is 186 g/mol. The molecule has 0 radical (unpaired) electrons. The number of anilines is 2. The quantitative estimate of drug-likeness (QED) is 0.725. The Labute approximate surface area is 92.3 Å². The van der Waals surface area contributed by atoms with Gasteiger partial charge in [0, 0.05) is 24.5 Å². The molecule has 0 heterocycles. The highest BCUT2D eigenvalue weighted by Crippen LogP contribution is 2.19. The molecule has 84 valence electrons. The molecule has 3 N–H and O–H groups in total. The number of rotatable bonds is 5. The molecule has 0 bridgehead atoms. The summed E-state index contributed by atoms with van der Waals surface area (Å²) >= 11 is 0. The van der Waals surface area contributed by atoms with Gasteiger partial charge in [0.25, 0.3) is 0 Å². The molecule has 0 saturated heterocycles. The van der Waals surface area contributed by atoms with Gasteiger partial charge in [-0.3, -0.25) is 0 Å². The van der Waals surface area contributed by atoms with E-state index in [1.807, 2.05) is 19.1 Å². The van der Waals surface area contributed by atoms with Crippen molar-refractivity contribution in [3.63, 3.8) is 0 Å². The molecule has 0 unspecified atom stereocenters. The van der Waals surface area contributed by atoms with Crippen LogP contribution in [0.3, 0.4) is 0 Å². The molecule has 3 heteroatoms. The number of likely N-dealkylation sites (N-methyl/N-ethyl adjacent to an activating group) is 1. The van der Waals surface area contributed by atoms with E-state index in [0.717, 1.165) is 36.6 Å². The number of hydrogen-bond acceptors (Lipinski definition) is 3. The Bertz CT molecular complexity index is 310. The molecule has 0 aromatic heterocycles. The predicted octanol–water partition coefficient (Wildman–Crippen LogP) is 1.94. The highest BCUT2D eigenvalue weighted by Gasteiger charge is 2.00. The minimum atomic E-state index is 0.851. The summed E-state index contributed by atoms with van der Waals surface area (Å²) in [5, 5.41) is 3.40. The second-order valence-corrected chi connectivity index (χ2v) is 3.84. The summed E-state index contributed by atoms with van der Waals surface area (Å²) in [7, 11) is 2.12. The van der Waals surface area contributed by atoms with Crippen LogP contribution in [0.2, 0.25) is 0 Å². The predicted molar refractivity (Wildman–Crippen MR) is 67.3 cm³/mol. The van der Waals surface area contributed by atoms with Gasteiger partial charge in [-0.2, -0.15) is 0 Å². The van der Waals surface area contributed by atoms with Gasteiger partial charge in [-0.25, -0.2) is 0 Å². The zero-order valence-corrected chi connectivity index (χ0v) is 9.88. The van der Waals surface area contributed by atoms with E-state index in [4.69, 9.17) is 5.73 Å². The Morgan fingerprint density at radius 2 is 2.13 bits per heavy atom. The molecule has 0 aliphatic rings. The van der Waals surface area contributed by atoms with E-state index in [1.165, 1.54) is 0 Å². The highest BCUT2D eigenvalue weighted by atomic mass is 15.1. The molecule has 0 fully saturated rings. The van der Waals surface area contributed by atoms with Crippen LogP contribution >= 0.6 is 0 Å². The maximum Gasteiger partial charge on any atom is 0.0391 e. The summed E-state index contributed by atoms with van der Waals surface area (Å²) in [6.45, 7) is 7.28. The highest BCUT2D eigenvalue weighted by molar-refractivity contribution is 5.62. The lowest BCUT2D eigenvalue weighted by molar-refractivity contribution is 0.367. The van der Waals surface area contributed by atoms with Crippen molar-refractivity contribution in [1.82, 2.24) is 4.90 Å². The molecule has 1 rings (SSSR count). The lowest BCUT2D eigenvalue weighted by Crippen LogP contribution is -2.24. The number of nitrogens with one attached hydrogen (secondary N) is 1. The molecule has 0 atom stereocenters. The number of nitrogens with zero attached hydrogens (tertiary/aromatic N) is 1. The lowest BCUT2D eigenvalue weighted by atomic mass is 10.1. The maximum absolute atomic E-state index is 5.83. The van der Waals surface area contributed by atoms with Gasteiger partial charge in [-0.1, -0.05) is 13.0 Å². The minimum Gasteiger partial charge on any atom is -0.398 e. The van der Waals surface area contributed by atoms with E-state index >= 15 is 0 Å². The standard InChI is InChI=1S/C12H21N3/c1-4-15(3)9-8-14-12-7-5-6-11(13)10(12)2/h5-7,14H,4,8-9,13H2,1-3H3. The Morgan fingerprint density at radius 1 is 1.40 bits per heavy atom. The van der Waals surface area contributed by atoms with E-state index in [9.17, 15) is 0 Å². The molecule has 0 amide bonds. The molecule has 0 aliphatic carbocycles. The van der Waals surface area contributed by atoms with E-state index < -0.39 is 0 Å². The molecule has 0 aliphatic heterocycles. The van der Waals surface area contributed by atoms with Crippen LogP contribution < -0.4 is 11.1 Å². The number of nitrogens with two attached hydrogens (primary N) is 1. The number of hydrogen-bond donors (Lipinski definition) is 2. The monoisotopic (exact) mass is 207 g/mol. The van der Waals surface area contributed by atoms with Crippen LogP contribution in [0.4, 0.5) is 11.4 Å². The van der Waals surface area contributed by atoms with Crippen molar-refractivity contribution >= 4 is 11.4 Å². The Kier molecular flexibility index (Phi) is 4.43. The van der Waals surface area contributed by atoms with Crippen LogP contribution in [0, 0.1) is 6.92 Å². The minimum absolute atomic E-state index is 0.851. The van der Waals surface area contributed by atoms with Crippen molar-refractivity contribution in [3.8, 4) is 0 Å². The van der Waals surface area contributed by atoms with Gasteiger partial charge in [-0.15, -0.1) is 0 Å². The summed E-state index contributed by atoms with van der Waals surface area (Å²) in [5.74, 6) is 0. The second-order valence-electron chi connectivity index (χ2n) is 3.84. The van der Waals surface area contributed by atoms with Gasteiger partial charge in [0.05, 0.1) is 0 Å². The fourth-order valence-corrected chi connectivity index (χ4v) is 1.38. The van der Waals surface area contributed by atoms with Crippen LogP contribution in [0.5, 0.6) is 0 Å². The Hall–Kier alpha value is -1.22. The van der Waals surface area contributed by atoms with Crippen molar-refractivity contribution in [2.45, 2.75) is 13.8 Å². The van der Waals surface area contributed by atoms with Gasteiger partial charge in [0.2, 0.25) is 0 Å². The van der Waals surface area contributed by atoms with Gasteiger partial charge in [0.1, 0.15) is 0 Å². The van der Waals surface area contributed by atoms with Gasteiger partial charge in [-0.05, 0) is 38.2 Å². The normalized spacial score (nSPS) is 10.7. The summed E-state index contributed by atoms with van der Waals surface area (Å²) in [5.41, 5.74) is 8.95. The number of benzene rings is 1. The van der Waals surface area contributed by atoms with Crippen molar-refractivity contribution in [2.75, 3.05) is 37.7 Å². The average Bonchev–Trinajstić information content (AvgIpc) is 2.24. The summed E-state index contributed by atoms with van der Waals surface area (Å²) < 4.78 is 0. The van der Waals surface area contributed by atoms with Crippen molar-refractivity contribution in [1.29, 1.82) is 0 Å². The summed E-state index contributed by atoms with van der Waals surface area (Å²) in [6, 6.07) is 5.98. The van der Waals surface area contributed by atoms with Crippen LogP contribution in [-0.2, 0) is 0 Å². The van der Waals surface area contributed by atoms with E-state index in [2.05, 4.69) is 30.3 Å². The topological polar surface area (TPSA) is 41.3 Å². The van der Waals surface area contributed by atoms with Crippen LogP contribution in [0.1, 0.15) is 12.5 Å². The Balaban J connectivity index is 2.47. The third-order valence-corrected chi connectivity index (χ3v) is 2.72. The van der Waals surface area contributed by atoms with Crippen molar-refractivity contribution in [2.24, 2.45) is 0 Å². The third kappa shape index (κ3) is 3.44. The smallest absolute Gasteiger partial charge is 0.0391 e. The second kappa shape index (κ2) is 5.61. The van der Waals surface area contributed by atoms with E-state index in [0.29, 0.717) is 0 Å². The fourth-order valence-electron chi connectivity index (χ4n) is 1.38. The largest absolute Gasteiger partial charge is 0.398 e. The first-order chi connectivity index (χ1) is 7.15. The van der Waals surface area contributed by atoms with Crippen LogP contribution in [0.15, 0.2) is 18.2 Å². The summed E-state index contributed by atoms with van der Waals surface area (Å²) in [4.78, 5) is 2.27. The first kappa shape index (κ1) is 11.9. The van der Waals surface area contributed by atoms with Crippen molar-refractivity contribution < 1.29 is 0 Å². The zero-order chi connectivity index (χ0) is 11.3. The van der Waals surface area contributed by atoms with Gasteiger partial charge < -0.3 is 16.0 Å². The van der Waals surface area contributed by atoms with Crippen LogP contribution in [0.25, 0.3) is 0 Å². The summed E-state index contributed by atoms with van der Waals surface area (Å²) in [6.07, 6.45) is 0. The molecule has 15 heavy (non-hydrogen) atoms. The lowest BCUT2D eigenvalue weighted by Gasteiger charge is -2.16. The molecule has 3 nitrogen and oxygen atoms in total. The average molecular weight is 207 g/mol. The van der Waals surface area contributed by atoms with Crippen molar-refractivity contribution in [3.05, 3.63) is 23.8 Å². The fraction of sp³-hybridized carbons (Fsp3) is 0.500.